The molecule has 0 radical (unpaired) electrons. The first-order valence-corrected chi connectivity index (χ1v) is 12.3. The number of terminal acetylenes is 1. The first-order valence-electron chi connectivity index (χ1n) is 10.4. The van der Waals surface area contributed by atoms with Crippen molar-refractivity contribution in [1.29, 1.82) is 0 Å². The molecule has 0 saturated carbocycles. The molecule has 2 aromatic carbocycles. The molecule has 4 nitrogen and oxygen atoms in total. The summed E-state index contributed by atoms with van der Waals surface area (Å²) in [6.07, 6.45) is 5.12. The summed E-state index contributed by atoms with van der Waals surface area (Å²) in [7, 11) is -2.49. The van der Waals surface area contributed by atoms with E-state index in [4.69, 9.17) is 25.1 Å². The molecule has 0 aliphatic carbocycles. The van der Waals surface area contributed by atoms with Crippen molar-refractivity contribution in [2.24, 2.45) is 0 Å². The highest BCUT2D eigenvalue weighted by atomic mass is 28.4. The van der Waals surface area contributed by atoms with Crippen LogP contribution in [0.2, 0.25) is 5.04 Å². The smallest absolute Gasteiger partial charge is 0.261 e. The van der Waals surface area contributed by atoms with Crippen LogP contribution < -0.4 is 10.4 Å². The van der Waals surface area contributed by atoms with E-state index in [1.165, 1.54) is 10.4 Å². The molecule has 2 rings (SSSR count). The van der Waals surface area contributed by atoms with Gasteiger partial charge in [0.25, 0.3) is 8.32 Å². The van der Waals surface area contributed by atoms with Gasteiger partial charge >= 0.3 is 0 Å². The van der Waals surface area contributed by atoms with Crippen molar-refractivity contribution < 1.29 is 18.6 Å². The van der Waals surface area contributed by atoms with E-state index in [-0.39, 0.29) is 5.04 Å². The monoisotopic (exact) mass is 426 g/mol. The standard InChI is InChI=1S/C25H34O4Si/c1-5-16-26-17-18-27-19-20-28-21-22-29-30(25(2,3)4,23-12-8-6-9-13-23)24-14-10-7-11-15-24/h1,6-15H,16-22H2,2-4H3. The van der Waals surface area contributed by atoms with Gasteiger partial charge in [0, 0.05) is 0 Å². The van der Waals surface area contributed by atoms with Crippen LogP contribution in [0.5, 0.6) is 0 Å². The van der Waals surface area contributed by atoms with Gasteiger partial charge in [-0.25, -0.2) is 0 Å². The van der Waals surface area contributed by atoms with E-state index in [9.17, 15) is 0 Å². The molecule has 0 unspecified atom stereocenters. The molecule has 0 atom stereocenters. The average Bonchev–Trinajstić information content (AvgIpc) is 2.75. The lowest BCUT2D eigenvalue weighted by atomic mass is 10.2. The van der Waals surface area contributed by atoms with Crippen LogP contribution in [0.3, 0.4) is 0 Å². The highest BCUT2D eigenvalue weighted by Gasteiger charge is 2.49. The van der Waals surface area contributed by atoms with Crippen molar-refractivity contribution >= 4 is 18.7 Å². The molecule has 0 bridgehead atoms. The highest BCUT2D eigenvalue weighted by Crippen LogP contribution is 2.36. The van der Waals surface area contributed by atoms with Crippen LogP contribution in [0.25, 0.3) is 0 Å². The van der Waals surface area contributed by atoms with Gasteiger partial charge in [-0.05, 0) is 15.4 Å². The maximum atomic E-state index is 6.77. The van der Waals surface area contributed by atoms with Crippen molar-refractivity contribution in [1.82, 2.24) is 0 Å². The maximum Gasteiger partial charge on any atom is 0.261 e. The van der Waals surface area contributed by atoms with Crippen LogP contribution in [-0.2, 0) is 18.6 Å². The van der Waals surface area contributed by atoms with Crippen LogP contribution in [0.4, 0.5) is 0 Å². The summed E-state index contributed by atoms with van der Waals surface area (Å²) >= 11 is 0. The summed E-state index contributed by atoms with van der Waals surface area (Å²) in [4.78, 5) is 0. The minimum Gasteiger partial charge on any atom is -0.405 e. The molecular weight excluding hydrogens is 392 g/mol. The van der Waals surface area contributed by atoms with Crippen molar-refractivity contribution in [3.63, 3.8) is 0 Å². The zero-order chi connectivity index (χ0) is 21.7. The molecule has 0 aliphatic heterocycles. The SMILES string of the molecule is C#CCOCCOCCOCCO[Si](c1ccccc1)(c1ccccc1)C(C)(C)C. The van der Waals surface area contributed by atoms with E-state index in [0.717, 1.165) is 0 Å². The predicted molar refractivity (Wildman–Crippen MR) is 125 cm³/mol. The number of hydrogen-bond acceptors (Lipinski definition) is 4. The number of benzene rings is 2. The molecule has 0 heterocycles. The van der Waals surface area contributed by atoms with Gasteiger partial charge in [0.05, 0.1) is 39.6 Å². The van der Waals surface area contributed by atoms with E-state index < -0.39 is 8.32 Å². The topological polar surface area (TPSA) is 36.9 Å². The lowest BCUT2D eigenvalue weighted by molar-refractivity contribution is 0.0135. The van der Waals surface area contributed by atoms with Crippen molar-refractivity contribution in [3.05, 3.63) is 60.7 Å². The first kappa shape index (κ1) is 24.3. The normalized spacial score (nSPS) is 11.9. The predicted octanol–water partition coefficient (Wildman–Crippen LogP) is 3.25. The Morgan fingerprint density at radius 2 is 1.13 bits per heavy atom. The summed E-state index contributed by atoms with van der Waals surface area (Å²) < 4.78 is 23.1. The van der Waals surface area contributed by atoms with Crippen molar-refractivity contribution in [2.75, 3.05) is 46.2 Å². The third kappa shape index (κ3) is 6.80. The fourth-order valence-electron chi connectivity index (χ4n) is 3.59. The third-order valence-electron chi connectivity index (χ3n) is 4.89. The third-order valence-corrected chi connectivity index (χ3v) is 9.93. The molecule has 0 saturated heterocycles. The van der Waals surface area contributed by atoms with E-state index in [1.54, 1.807) is 0 Å². The van der Waals surface area contributed by atoms with Crippen LogP contribution in [0.15, 0.2) is 60.7 Å². The van der Waals surface area contributed by atoms with Crippen molar-refractivity contribution in [3.8, 4) is 12.3 Å². The molecular formula is C25H34O4Si. The number of hydrogen-bond donors (Lipinski definition) is 0. The van der Waals surface area contributed by atoms with Gasteiger partial charge in [-0.2, -0.15) is 0 Å². The van der Waals surface area contributed by atoms with E-state index >= 15 is 0 Å². The molecule has 0 aliphatic rings. The summed E-state index contributed by atoms with van der Waals surface area (Å²) in [5.74, 6) is 2.43. The first-order chi connectivity index (χ1) is 14.5. The Balaban J connectivity index is 1.95. The van der Waals surface area contributed by atoms with Gasteiger partial charge < -0.3 is 18.6 Å². The van der Waals surface area contributed by atoms with E-state index in [1.807, 2.05) is 0 Å². The Bertz CT molecular complexity index is 711. The van der Waals surface area contributed by atoms with Crippen LogP contribution >= 0.6 is 0 Å². The second-order valence-electron chi connectivity index (χ2n) is 7.99. The molecule has 0 spiro atoms. The molecule has 0 aromatic heterocycles. The highest BCUT2D eigenvalue weighted by molar-refractivity contribution is 6.99. The zero-order valence-corrected chi connectivity index (χ0v) is 19.4. The molecule has 162 valence electrons. The number of ether oxygens (including phenoxy) is 3. The van der Waals surface area contributed by atoms with Crippen LogP contribution in [0.1, 0.15) is 20.8 Å². The van der Waals surface area contributed by atoms with Crippen LogP contribution in [-0.4, -0.2) is 54.6 Å². The largest absolute Gasteiger partial charge is 0.405 e. The van der Waals surface area contributed by atoms with Gasteiger partial charge in [-0.1, -0.05) is 87.4 Å². The Labute approximate surface area is 182 Å². The second-order valence-corrected chi connectivity index (χ2v) is 12.3. The summed E-state index contributed by atoms with van der Waals surface area (Å²) in [5.41, 5.74) is 0. The van der Waals surface area contributed by atoms with Crippen LogP contribution in [0, 0.1) is 12.3 Å². The summed E-state index contributed by atoms with van der Waals surface area (Å²) in [6, 6.07) is 21.3. The van der Waals surface area contributed by atoms with Gasteiger partial charge in [0.2, 0.25) is 0 Å². The minimum atomic E-state index is -2.49. The Morgan fingerprint density at radius 1 is 0.700 bits per heavy atom. The molecule has 5 heteroatoms. The number of rotatable bonds is 13. The fraction of sp³-hybridized carbons (Fsp3) is 0.440. The molecule has 0 N–H and O–H groups in total. The van der Waals surface area contributed by atoms with Gasteiger partial charge in [-0.15, -0.1) is 6.42 Å². The minimum absolute atomic E-state index is 0.0306. The summed E-state index contributed by atoms with van der Waals surface area (Å²) in [6.45, 7) is 10.3. The van der Waals surface area contributed by atoms with Gasteiger partial charge in [0.15, 0.2) is 0 Å². The van der Waals surface area contributed by atoms with Gasteiger partial charge in [-0.3, -0.25) is 0 Å². The fourth-order valence-corrected chi connectivity index (χ4v) is 8.13. The average molecular weight is 427 g/mol. The molecule has 2 aromatic rings. The quantitative estimate of drug-likeness (QED) is 0.280. The Morgan fingerprint density at radius 3 is 1.57 bits per heavy atom. The van der Waals surface area contributed by atoms with Gasteiger partial charge in [0.1, 0.15) is 6.61 Å². The molecule has 30 heavy (non-hydrogen) atoms. The molecule has 0 amide bonds. The second kappa shape index (κ2) is 12.7. The Hall–Kier alpha value is -1.94. The molecule has 0 fully saturated rings. The summed E-state index contributed by atoms with van der Waals surface area (Å²) in [5, 5.41) is 2.52. The van der Waals surface area contributed by atoms with E-state index in [0.29, 0.717) is 46.2 Å². The Kier molecular flexibility index (Phi) is 10.3. The lowest BCUT2D eigenvalue weighted by Gasteiger charge is -2.43. The lowest BCUT2D eigenvalue weighted by Crippen LogP contribution is -2.66. The zero-order valence-electron chi connectivity index (χ0n) is 18.4. The van der Waals surface area contributed by atoms with E-state index in [2.05, 4.69) is 87.4 Å². The van der Waals surface area contributed by atoms with Crippen molar-refractivity contribution in [2.45, 2.75) is 25.8 Å². The maximum absolute atomic E-state index is 6.77.